The molecule has 0 atom stereocenters. The maximum atomic E-state index is 12.3. The molecule has 1 aromatic heterocycles. The molecule has 1 heterocycles. The van der Waals surface area contributed by atoms with Crippen LogP contribution in [0.15, 0.2) is 4.90 Å². The highest BCUT2D eigenvalue weighted by Gasteiger charge is 2.28. The Bertz CT molecular complexity index is 483. The molecule has 20 heavy (non-hydrogen) atoms. The molecule has 1 aliphatic rings. The number of thioether (sulfide) groups is 1. The van der Waals surface area contributed by atoms with Gasteiger partial charge >= 0.3 is 0 Å². The molecule has 4 nitrogen and oxygen atoms in total. The van der Waals surface area contributed by atoms with Crippen molar-refractivity contribution < 1.29 is 4.79 Å². The number of carbonyl (C=O) groups is 1. The van der Waals surface area contributed by atoms with Gasteiger partial charge in [0.15, 0.2) is 0 Å². The van der Waals surface area contributed by atoms with Crippen LogP contribution in [0.4, 0.5) is 10.7 Å². The summed E-state index contributed by atoms with van der Waals surface area (Å²) in [6.45, 7) is 6.23. The van der Waals surface area contributed by atoms with E-state index in [-0.39, 0.29) is 5.91 Å². The fourth-order valence-electron chi connectivity index (χ4n) is 2.14. The van der Waals surface area contributed by atoms with Crippen LogP contribution in [0.3, 0.4) is 0 Å². The van der Waals surface area contributed by atoms with Crippen molar-refractivity contribution in [2.75, 3.05) is 30.0 Å². The first-order chi connectivity index (χ1) is 9.62. The average molecular weight is 313 g/mol. The van der Waals surface area contributed by atoms with Gasteiger partial charge in [-0.05, 0) is 32.4 Å². The zero-order valence-corrected chi connectivity index (χ0v) is 14.0. The number of nitrogens with zero attached hydrogens (tertiary/aromatic N) is 1. The molecule has 1 aromatic rings. The molecule has 1 amide bonds. The molecule has 1 fully saturated rings. The second kappa shape index (κ2) is 6.72. The maximum absolute atomic E-state index is 12.3. The van der Waals surface area contributed by atoms with Gasteiger partial charge < -0.3 is 16.0 Å². The first-order valence-electron chi connectivity index (χ1n) is 7.14. The lowest BCUT2D eigenvalue weighted by Gasteiger charge is -2.21. The molecule has 0 radical (unpaired) electrons. The van der Waals surface area contributed by atoms with Gasteiger partial charge in [-0.15, -0.1) is 23.1 Å². The SMILES string of the molecule is CCCN(CC)c1sc(C(=O)NC2CC2)c(N)c1SC. The number of anilines is 2. The van der Waals surface area contributed by atoms with Crippen LogP contribution in [-0.4, -0.2) is 31.3 Å². The van der Waals surface area contributed by atoms with Gasteiger partial charge in [-0.3, -0.25) is 4.79 Å². The van der Waals surface area contributed by atoms with Crippen LogP contribution in [0.2, 0.25) is 0 Å². The standard InChI is InChI=1S/C14H23N3OS2/c1-4-8-17(5-2)14-12(19-3)10(15)11(20-14)13(18)16-9-6-7-9/h9H,4-8,15H2,1-3H3,(H,16,18). The van der Waals surface area contributed by atoms with E-state index in [1.54, 1.807) is 11.8 Å². The number of thiophene rings is 1. The van der Waals surface area contributed by atoms with Gasteiger partial charge in [0.2, 0.25) is 0 Å². The molecule has 3 N–H and O–H groups in total. The van der Waals surface area contributed by atoms with Gasteiger partial charge in [0.05, 0.1) is 10.6 Å². The Labute approximate surface area is 129 Å². The molecule has 6 heteroatoms. The minimum absolute atomic E-state index is 0.0101. The van der Waals surface area contributed by atoms with E-state index in [0.717, 1.165) is 42.2 Å². The number of hydrogen-bond donors (Lipinski definition) is 2. The summed E-state index contributed by atoms with van der Waals surface area (Å²) >= 11 is 3.16. The van der Waals surface area contributed by atoms with Gasteiger partial charge in [-0.2, -0.15) is 0 Å². The highest BCUT2D eigenvalue weighted by molar-refractivity contribution is 7.99. The van der Waals surface area contributed by atoms with Crippen LogP contribution in [0.5, 0.6) is 0 Å². The van der Waals surface area contributed by atoms with Gasteiger partial charge in [-0.1, -0.05) is 6.92 Å². The summed E-state index contributed by atoms with van der Waals surface area (Å²) in [6.07, 6.45) is 5.29. The van der Waals surface area contributed by atoms with Gasteiger partial charge in [-0.25, -0.2) is 0 Å². The minimum atomic E-state index is -0.0101. The summed E-state index contributed by atoms with van der Waals surface area (Å²) in [6, 6.07) is 0.364. The smallest absolute Gasteiger partial charge is 0.263 e. The molecule has 0 aromatic carbocycles. The normalized spacial score (nSPS) is 14.3. The number of nitrogen functional groups attached to an aromatic ring is 1. The van der Waals surface area contributed by atoms with Crippen molar-refractivity contribution in [3.8, 4) is 0 Å². The predicted octanol–water partition coefficient (Wildman–Crippen LogP) is 3.18. The Morgan fingerprint density at radius 1 is 1.50 bits per heavy atom. The van der Waals surface area contributed by atoms with Crippen LogP contribution in [0, 0.1) is 0 Å². The van der Waals surface area contributed by atoms with Crippen LogP contribution in [0.1, 0.15) is 42.8 Å². The Morgan fingerprint density at radius 2 is 2.20 bits per heavy atom. The maximum Gasteiger partial charge on any atom is 0.263 e. The Hall–Kier alpha value is -0.880. The quantitative estimate of drug-likeness (QED) is 0.759. The van der Waals surface area contributed by atoms with Crippen LogP contribution >= 0.6 is 23.1 Å². The van der Waals surface area contributed by atoms with Crippen molar-refractivity contribution in [3.63, 3.8) is 0 Å². The van der Waals surface area contributed by atoms with Crippen molar-refractivity contribution in [3.05, 3.63) is 4.88 Å². The molecule has 0 aliphatic heterocycles. The fourth-order valence-corrected chi connectivity index (χ4v) is 4.32. The lowest BCUT2D eigenvalue weighted by molar-refractivity contribution is 0.0956. The van der Waals surface area contributed by atoms with E-state index in [2.05, 4.69) is 24.1 Å². The number of nitrogens with two attached hydrogens (primary N) is 1. The van der Waals surface area contributed by atoms with E-state index in [0.29, 0.717) is 16.6 Å². The third kappa shape index (κ3) is 3.23. The van der Waals surface area contributed by atoms with Crippen LogP contribution in [0.25, 0.3) is 0 Å². The average Bonchev–Trinajstić information content (AvgIpc) is 3.18. The van der Waals surface area contributed by atoms with E-state index >= 15 is 0 Å². The molecule has 0 unspecified atom stereocenters. The lowest BCUT2D eigenvalue weighted by Crippen LogP contribution is -2.25. The topological polar surface area (TPSA) is 58.4 Å². The van der Waals surface area contributed by atoms with Gasteiger partial charge in [0, 0.05) is 19.1 Å². The number of nitrogens with one attached hydrogen (secondary N) is 1. The molecular weight excluding hydrogens is 290 g/mol. The van der Waals surface area contributed by atoms with E-state index in [1.165, 1.54) is 11.3 Å². The number of amides is 1. The van der Waals surface area contributed by atoms with Crippen LogP contribution < -0.4 is 16.0 Å². The van der Waals surface area contributed by atoms with E-state index < -0.39 is 0 Å². The third-order valence-corrected chi connectivity index (χ3v) is 5.58. The van der Waals surface area contributed by atoms with Crippen LogP contribution in [-0.2, 0) is 0 Å². The molecule has 1 saturated carbocycles. The number of carbonyl (C=O) groups excluding carboxylic acids is 1. The lowest BCUT2D eigenvalue weighted by atomic mass is 10.3. The first-order valence-corrected chi connectivity index (χ1v) is 9.18. The monoisotopic (exact) mass is 313 g/mol. The van der Waals surface area contributed by atoms with E-state index in [1.807, 2.05) is 6.26 Å². The zero-order valence-electron chi connectivity index (χ0n) is 12.4. The van der Waals surface area contributed by atoms with Gasteiger partial charge in [0.25, 0.3) is 5.91 Å². The summed E-state index contributed by atoms with van der Waals surface area (Å²) in [5.41, 5.74) is 6.85. The van der Waals surface area contributed by atoms with Crippen molar-refractivity contribution in [1.82, 2.24) is 5.32 Å². The van der Waals surface area contributed by atoms with Crippen molar-refractivity contribution in [2.24, 2.45) is 0 Å². The summed E-state index contributed by atoms with van der Waals surface area (Å²) in [5, 5.41) is 4.17. The summed E-state index contributed by atoms with van der Waals surface area (Å²) in [7, 11) is 0. The van der Waals surface area contributed by atoms with Gasteiger partial charge in [0.1, 0.15) is 9.88 Å². The van der Waals surface area contributed by atoms with Crippen molar-refractivity contribution >= 4 is 39.7 Å². The highest BCUT2D eigenvalue weighted by atomic mass is 32.2. The second-order valence-corrected chi connectivity index (χ2v) is 6.83. The molecule has 0 spiro atoms. The van der Waals surface area contributed by atoms with E-state index in [4.69, 9.17) is 5.73 Å². The highest BCUT2D eigenvalue weighted by Crippen LogP contribution is 2.44. The fraction of sp³-hybridized carbons (Fsp3) is 0.643. The first kappa shape index (κ1) is 15.5. The largest absolute Gasteiger partial charge is 0.396 e. The molecule has 0 saturated heterocycles. The number of rotatable bonds is 7. The molecule has 112 valence electrons. The third-order valence-electron chi connectivity index (χ3n) is 3.37. The van der Waals surface area contributed by atoms with Crippen molar-refractivity contribution in [2.45, 2.75) is 44.0 Å². The molecule has 1 aliphatic carbocycles. The minimum Gasteiger partial charge on any atom is -0.396 e. The van der Waals surface area contributed by atoms with E-state index in [9.17, 15) is 4.79 Å². The summed E-state index contributed by atoms with van der Waals surface area (Å²) < 4.78 is 0. The summed E-state index contributed by atoms with van der Waals surface area (Å²) in [5.74, 6) is -0.0101. The molecule has 2 rings (SSSR count). The van der Waals surface area contributed by atoms with Crippen molar-refractivity contribution in [1.29, 1.82) is 0 Å². The predicted molar refractivity (Wildman–Crippen MR) is 89.2 cm³/mol. The number of hydrogen-bond acceptors (Lipinski definition) is 5. The Morgan fingerprint density at radius 3 is 2.70 bits per heavy atom. The Balaban J connectivity index is 2.29. The molecular formula is C14H23N3OS2. The molecule has 0 bridgehead atoms. The summed E-state index contributed by atoms with van der Waals surface area (Å²) in [4.78, 5) is 16.3. The second-order valence-electron chi connectivity index (χ2n) is 5.01. The Kier molecular flexibility index (Phi) is 5.21. The zero-order chi connectivity index (χ0) is 14.7.